The summed E-state index contributed by atoms with van der Waals surface area (Å²) in [6.45, 7) is 4.20. The molecule has 0 unspecified atom stereocenters. The van der Waals surface area contributed by atoms with Crippen molar-refractivity contribution in [1.29, 1.82) is 0 Å². The van der Waals surface area contributed by atoms with Crippen molar-refractivity contribution in [3.05, 3.63) is 57.4 Å². The van der Waals surface area contributed by atoms with Crippen molar-refractivity contribution >= 4 is 23.6 Å². The smallest absolute Gasteiger partial charge is 0.344 e. The van der Waals surface area contributed by atoms with E-state index in [0.717, 1.165) is 7.11 Å². The van der Waals surface area contributed by atoms with Gasteiger partial charge in [-0.15, -0.1) is 0 Å². The van der Waals surface area contributed by atoms with Gasteiger partial charge in [-0.2, -0.15) is 0 Å². The summed E-state index contributed by atoms with van der Waals surface area (Å²) in [5, 5.41) is 11.2. The third kappa shape index (κ3) is 5.16. The van der Waals surface area contributed by atoms with Gasteiger partial charge in [0.05, 0.1) is 35.0 Å². The second-order valence-corrected chi connectivity index (χ2v) is 6.42. The standard InChI is InChI=1S/C20H20N2O8/c1-11(2)30-20(25)17-12(3)21-9-15(19(24)29-10-16(23)28-4)18(17)13-6-5-7-14(8-13)22(26)27/h5-9,11H,10H2,1-4H3. The Hall–Kier alpha value is -3.82. The summed E-state index contributed by atoms with van der Waals surface area (Å²) in [5.74, 6) is -2.48. The zero-order valence-corrected chi connectivity index (χ0v) is 16.8. The number of hydrogen-bond donors (Lipinski definition) is 0. The van der Waals surface area contributed by atoms with Crippen LogP contribution in [0.2, 0.25) is 0 Å². The van der Waals surface area contributed by atoms with Crippen LogP contribution in [0.25, 0.3) is 11.1 Å². The number of methoxy groups -OCH3 is 1. The Kier molecular flexibility index (Phi) is 7.18. The van der Waals surface area contributed by atoms with Crippen LogP contribution in [-0.2, 0) is 19.0 Å². The molecule has 10 heteroatoms. The average Bonchev–Trinajstić information content (AvgIpc) is 2.70. The molecule has 0 saturated carbocycles. The van der Waals surface area contributed by atoms with Crippen molar-refractivity contribution in [3.8, 4) is 11.1 Å². The van der Waals surface area contributed by atoms with Crippen molar-refractivity contribution < 1.29 is 33.5 Å². The predicted octanol–water partition coefficient (Wildman–Crippen LogP) is 2.86. The molecular formula is C20H20N2O8. The average molecular weight is 416 g/mol. The summed E-state index contributed by atoms with van der Waals surface area (Å²) in [5.41, 5.74) is 0.116. The van der Waals surface area contributed by atoms with E-state index in [-0.39, 0.29) is 33.6 Å². The number of aromatic nitrogens is 1. The maximum absolute atomic E-state index is 12.8. The van der Waals surface area contributed by atoms with Crippen molar-refractivity contribution in [2.45, 2.75) is 26.9 Å². The van der Waals surface area contributed by atoms with E-state index in [1.165, 1.54) is 30.5 Å². The summed E-state index contributed by atoms with van der Waals surface area (Å²) < 4.78 is 14.6. The van der Waals surface area contributed by atoms with Crippen LogP contribution in [-0.4, -0.2) is 47.6 Å². The van der Waals surface area contributed by atoms with Crippen LogP contribution in [0.4, 0.5) is 5.69 Å². The Morgan fingerprint density at radius 2 is 1.90 bits per heavy atom. The van der Waals surface area contributed by atoms with E-state index < -0.39 is 35.5 Å². The number of hydrogen-bond acceptors (Lipinski definition) is 9. The van der Waals surface area contributed by atoms with Crippen LogP contribution in [0.5, 0.6) is 0 Å². The largest absolute Gasteiger partial charge is 0.466 e. The second kappa shape index (κ2) is 9.59. The van der Waals surface area contributed by atoms with Crippen molar-refractivity contribution in [3.63, 3.8) is 0 Å². The summed E-state index contributed by atoms with van der Waals surface area (Å²) in [6, 6.07) is 5.42. The first-order chi connectivity index (χ1) is 14.1. The molecule has 0 aliphatic rings. The van der Waals surface area contributed by atoms with Crippen molar-refractivity contribution in [2.75, 3.05) is 13.7 Å². The number of benzene rings is 1. The fourth-order valence-electron chi connectivity index (χ4n) is 2.62. The van der Waals surface area contributed by atoms with E-state index in [2.05, 4.69) is 9.72 Å². The zero-order valence-electron chi connectivity index (χ0n) is 16.8. The van der Waals surface area contributed by atoms with Crippen molar-refractivity contribution in [1.82, 2.24) is 4.98 Å². The summed E-state index contributed by atoms with van der Waals surface area (Å²) in [6.07, 6.45) is 0.722. The fraction of sp³-hybridized carbons (Fsp3) is 0.300. The van der Waals surface area contributed by atoms with Gasteiger partial charge in [-0.05, 0) is 26.3 Å². The van der Waals surface area contributed by atoms with Gasteiger partial charge in [-0.25, -0.2) is 14.4 Å². The Balaban J connectivity index is 2.69. The lowest BCUT2D eigenvalue weighted by molar-refractivity contribution is -0.384. The normalized spacial score (nSPS) is 10.4. The van der Waals surface area contributed by atoms with Gasteiger partial charge in [0.15, 0.2) is 6.61 Å². The maximum atomic E-state index is 12.8. The molecule has 1 aromatic carbocycles. The molecule has 0 saturated heterocycles. The third-order valence-electron chi connectivity index (χ3n) is 3.93. The van der Waals surface area contributed by atoms with Gasteiger partial charge >= 0.3 is 17.9 Å². The first-order valence-electron chi connectivity index (χ1n) is 8.85. The topological polar surface area (TPSA) is 135 Å². The summed E-state index contributed by atoms with van der Waals surface area (Å²) >= 11 is 0. The van der Waals surface area contributed by atoms with Gasteiger partial charge in [-0.3, -0.25) is 15.1 Å². The number of rotatable bonds is 7. The molecule has 0 atom stereocenters. The monoisotopic (exact) mass is 416 g/mol. The minimum Gasteiger partial charge on any atom is -0.466 e. The molecule has 1 aromatic heterocycles. The Bertz CT molecular complexity index is 1000. The molecule has 0 bridgehead atoms. The third-order valence-corrected chi connectivity index (χ3v) is 3.93. The number of non-ortho nitro benzene ring substituents is 1. The Labute approximate surface area is 171 Å². The highest BCUT2D eigenvalue weighted by atomic mass is 16.6. The molecule has 2 rings (SSSR count). The van der Waals surface area contributed by atoms with Crippen LogP contribution in [0.1, 0.15) is 40.3 Å². The minimum absolute atomic E-state index is 0.0308. The lowest BCUT2D eigenvalue weighted by atomic mass is 9.94. The van der Waals surface area contributed by atoms with Crippen LogP contribution in [0.3, 0.4) is 0 Å². The molecule has 10 nitrogen and oxygen atoms in total. The highest BCUT2D eigenvalue weighted by molar-refractivity contribution is 6.06. The van der Waals surface area contributed by atoms with E-state index >= 15 is 0 Å². The lowest BCUT2D eigenvalue weighted by Gasteiger charge is -2.17. The molecular weight excluding hydrogens is 396 g/mol. The number of pyridine rings is 1. The number of nitrogens with zero attached hydrogens (tertiary/aromatic N) is 2. The van der Waals surface area contributed by atoms with Gasteiger partial charge in [0.1, 0.15) is 0 Å². The fourth-order valence-corrected chi connectivity index (χ4v) is 2.62. The van der Waals surface area contributed by atoms with Crippen LogP contribution in [0, 0.1) is 17.0 Å². The molecule has 0 fully saturated rings. The van der Waals surface area contributed by atoms with Gasteiger partial charge in [-0.1, -0.05) is 12.1 Å². The number of carbonyl (C=O) groups excluding carboxylic acids is 3. The maximum Gasteiger partial charge on any atom is 0.344 e. The van der Waals surface area contributed by atoms with Gasteiger partial charge < -0.3 is 14.2 Å². The molecule has 0 aliphatic carbocycles. The Morgan fingerprint density at radius 3 is 2.50 bits per heavy atom. The van der Waals surface area contributed by atoms with Gasteiger partial charge in [0, 0.05) is 23.9 Å². The minimum atomic E-state index is -0.951. The molecule has 0 radical (unpaired) electrons. The molecule has 0 N–H and O–H groups in total. The molecule has 30 heavy (non-hydrogen) atoms. The quantitative estimate of drug-likeness (QED) is 0.289. The Morgan fingerprint density at radius 1 is 1.20 bits per heavy atom. The number of esters is 3. The lowest BCUT2D eigenvalue weighted by Crippen LogP contribution is -2.19. The molecule has 2 aromatic rings. The van der Waals surface area contributed by atoms with E-state index in [9.17, 15) is 24.5 Å². The summed E-state index contributed by atoms with van der Waals surface area (Å²) in [4.78, 5) is 51.4. The predicted molar refractivity (Wildman–Crippen MR) is 104 cm³/mol. The van der Waals surface area contributed by atoms with Gasteiger partial charge in [0.2, 0.25) is 0 Å². The second-order valence-electron chi connectivity index (χ2n) is 6.42. The van der Waals surface area contributed by atoms with E-state index in [0.29, 0.717) is 0 Å². The number of carbonyl (C=O) groups is 3. The highest BCUT2D eigenvalue weighted by Crippen LogP contribution is 2.32. The van der Waals surface area contributed by atoms with Crippen LogP contribution < -0.4 is 0 Å². The number of ether oxygens (including phenoxy) is 3. The van der Waals surface area contributed by atoms with E-state index in [1.807, 2.05) is 0 Å². The highest BCUT2D eigenvalue weighted by Gasteiger charge is 2.27. The molecule has 1 heterocycles. The SMILES string of the molecule is COC(=O)COC(=O)c1cnc(C)c(C(=O)OC(C)C)c1-c1cccc([N+](=O)[O-])c1. The van der Waals surface area contributed by atoms with Crippen LogP contribution in [0.15, 0.2) is 30.5 Å². The first-order valence-corrected chi connectivity index (χ1v) is 8.85. The molecule has 0 amide bonds. The summed E-state index contributed by atoms with van der Waals surface area (Å²) in [7, 11) is 1.14. The van der Waals surface area contributed by atoms with Crippen molar-refractivity contribution in [2.24, 2.45) is 0 Å². The zero-order chi connectivity index (χ0) is 22.4. The van der Waals surface area contributed by atoms with E-state index in [4.69, 9.17) is 9.47 Å². The molecule has 0 spiro atoms. The van der Waals surface area contributed by atoms with E-state index in [1.54, 1.807) is 20.8 Å². The van der Waals surface area contributed by atoms with Crippen LogP contribution >= 0.6 is 0 Å². The number of nitro benzene ring substituents is 1. The van der Waals surface area contributed by atoms with Gasteiger partial charge in [0.25, 0.3) is 5.69 Å². The molecule has 0 aliphatic heterocycles. The number of aryl methyl sites for hydroxylation is 1. The first kappa shape index (κ1) is 22.5. The number of nitro groups is 1. The molecule has 158 valence electrons.